The third-order valence-electron chi connectivity index (χ3n) is 5.00. The number of benzene rings is 2. The summed E-state index contributed by atoms with van der Waals surface area (Å²) in [5, 5.41) is 18.2. The van der Waals surface area contributed by atoms with E-state index in [1.165, 1.54) is 12.0 Å². The molecule has 1 fully saturated rings. The Balaban J connectivity index is 1.39. The molecule has 3 N–H and O–H groups in total. The van der Waals surface area contributed by atoms with E-state index in [1.807, 2.05) is 0 Å². The van der Waals surface area contributed by atoms with E-state index >= 15 is 0 Å². The van der Waals surface area contributed by atoms with Crippen LogP contribution in [0.4, 0.5) is 10.5 Å². The molecular formula is C22H26N4O. The van der Waals surface area contributed by atoms with Crippen LogP contribution in [0.1, 0.15) is 30.4 Å². The van der Waals surface area contributed by atoms with E-state index < -0.39 is 0 Å². The van der Waals surface area contributed by atoms with Gasteiger partial charge in [-0.05, 0) is 61.9 Å². The van der Waals surface area contributed by atoms with Crippen molar-refractivity contribution in [1.82, 2.24) is 10.6 Å². The van der Waals surface area contributed by atoms with Crippen LogP contribution in [0.25, 0.3) is 0 Å². The van der Waals surface area contributed by atoms with Gasteiger partial charge in [0.15, 0.2) is 0 Å². The molecule has 2 amide bonds. The molecule has 0 spiro atoms. The van der Waals surface area contributed by atoms with E-state index in [1.54, 1.807) is 24.3 Å². The van der Waals surface area contributed by atoms with Crippen molar-refractivity contribution in [2.24, 2.45) is 5.92 Å². The summed E-state index contributed by atoms with van der Waals surface area (Å²) in [5.41, 5.74) is 2.56. The Morgan fingerprint density at radius 2 is 2.04 bits per heavy atom. The van der Waals surface area contributed by atoms with E-state index in [0.29, 0.717) is 29.8 Å². The molecule has 1 aliphatic heterocycles. The monoisotopic (exact) mass is 362 g/mol. The SMILES string of the molecule is N#Cc1cccc(NC(=O)NCC[C@H]2C[C@H](Cc3ccccc3)CCN2)c1. The van der Waals surface area contributed by atoms with Gasteiger partial charge in [-0.2, -0.15) is 5.26 Å². The van der Waals surface area contributed by atoms with Gasteiger partial charge in [-0.25, -0.2) is 4.79 Å². The summed E-state index contributed by atoms with van der Waals surface area (Å²) in [4.78, 5) is 12.0. The molecule has 0 aromatic heterocycles. The van der Waals surface area contributed by atoms with Crippen LogP contribution in [0.3, 0.4) is 0 Å². The molecule has 2 atom stereocenters. The Hall–Kier alpha value is -2.84. The Kier molecular flexibility index (Phi) is 6.84. The van der Waals surface area contributed by atoms with Crippen molar-refractivity contribution in [1.29, 1.82) is 5.26 Å². The van der Waals surface area contributed by atoms with Crippen molar-refractivity contribution in [2.75, 3.05) is 18.4 Å². The van der Waals surface area contributed by atoms with Crippen molar-refractivity contribution < 1.29 is 4.79 Å². The van der Waals surface area contributed by atoms with Gasteiger partial charge in [0.2, 0.25) is 0 Å². The van der Waals surface area contributed by atoms with Gasteiger partial charge in [-0.3, -0.25) is 0 Å². The topological polar surface area (TPSA) is 77.0 Å². The molecule has 27 heavy (non-hydrogen) atoms. The highest BCUT2D eigenvalue weighted by molar-refractivity contribution is 5.89. The molecule has 140 valence electrons. The highest BCUT2D eigenvalue weighted by Gasteiger charge is 2.21. The van der Waals surface area contributed by atoms with E-state index in [2.05, 4.69) is 52.4 Å². The van der Waals surface area contributed by atoms with Crippen LogP contribution < -0.4 is 16.0 Å². The summed E-state index contributed by atoms with van der Waals surface area (Å²) in [7, 11) is 0. The summed E-state index contributed by atoms with van der Waals surface area (Å²) < 4.78 is 0. The van der Waals surface area contributed by atoms with Crippen molar-refractivity contribution in [3.63, 3.8) is 0 Å². The van der Waals surface area contributed by atoms with E-state index in [4.69, 9.17) is 5.26 Å². The number of urea groups is 1. The van der Waals surface area contributed by atoms with Gasteiger partial charge in [0, 0.05) is 18.3 Å². The highest BCUT2D eigenvalue weighted by atomic mass is 16.2. The van der Waals surface area contributed by atoms with Crippen LogP contribution in [-0.2, 0) is 6.42 Å². The van der Waals surface area contributed by atoms with Gasteiger partial charge in [-0.1, -0.05) is 36.4 Å². The Labute approximate surface area is 160 Å². The normalized spacial score (nSPS) is 19.1. The van der Waals surface area contributed by atoms with E-state index in [0.717, 1.165) is 25.8 Å². The molecule has 0 unspecified atom stereocenters. The minimum atomic E-state index is -0.235. The minimum absolute atomic E-state index is 0.235. The molecular weight excluding hydrogens is 336 g/mol. The number of carbonyl (C=O) groups excluding carboxylic acids is 1. The molecule has 0 bridgehead atoms. The van der Waals surface area contributed by atoms with Crippen LogP contribution in [0.2, 0.25) is 0 Å². The number of anilines is 1. The lowest BCUT2D eigenvalue weighted by Gasteiger charge is -2.30. The summed E-state index contributed by atoms with van der Waals surface area (Å²) in [5.74, 6) is 0.696. The third kappa shape index (κ3) is 6.12. The number of nitriles is 1. The molecule has 0 aliphatic carbocycles. The number of rotatable bonds is 6. The Bertz CT molecular complexity index is 784. The summed E-state index contributed by atoms with van der Waals surface area (Å²) in [6, 6.07) is 19.8. The minimum Gasteiger partial charge on any atom is -0.338 e. The number of piperidine rings is 1. The van der Waals surface area contributed by atoms with Gasteiger partial charge in [0.05, 0.1) is 11.6 Å². The van der Waals surface area contributed by atoms with Gasteiger partial charge < -0.3 is 16.0 Å². The predicted octanol–water partition coefficient (Wildman–Crippen LogP) is 3.68. The maximum atomic E-state index is 12.0. The fourth-order valence-corrected chi connectivity index (χ4v) is 3.65. The summed E-state index contributed by atoms with van der Waals surface area (Å²) in [6.07, 6.45) is 4.38. The number of amides is 2. The first kappa shape index (κ1) is 18.9. The van der Waals surface area contributed by atoms with Crippen LogP contribution >= 0.6 is 0 Å². The number of hydrogen-bond acceptors (Lipinski definition) is 3. The number of nitrogens with one attached hydrogen (secondary N) is 3. The lowest BCUT2D eigenvalue weighted by molar-refractivity contribution is 0.249. The van der Waals surface area contributed by atoms with Crippen molar-refractivity contribution in [2.45, 2.75) is 31.7 Å². The molecule has 3 rings (SSSR count). The quantitative estimate of drug-likeness (QED) is 0.734. The Morgan fingerprint density at radius 1 is 1.19 bits per heavy atom. The zero-order valence-corrected chi connectivity index (χ0v) is 15.4. The molecule has 1 aliphatic rings. The lowest BCUT2D eigenvalue weighted by Crippen LogP contribution is -2.41. The predicted molar refractivity (Wildman–Crippen MR) is 107 cm³/mol. The standard InChI is InChI=1S/C22H26N4O/c23-16-19-7-4-8-21(15-19)26-22(27)25-12-10-20-14-18(9-11-24-20)13-17-5-2-1-3-6-17/h1-8,15,18,20,24H,9-14H2,(H2,25,26,27)/t18-,20-/m0/s1. The van der Waals surface area contributed by atoms with Crippen LogP contribution in [0, 0.1) is 17.2 Å². The molecule has 2 aromatic carbocycles. The second-order valence-corrected chi connectivity index (χ2v) is 7.09. The average Bonchev–Trinajstić information content (AvgIpc) is 2.69. The molecule has 5 nitrogen and oxygen atoms in total. The van der Waals surface area contributed by atoms with Gasteiger partial charge in [0.1, 0.15) is 0 Å². The molecule has 1 heterocycles. The fraction of sp³-hybridized carbons (Fsp3) is 0.364. The summed E-state index contributed by atoms with van der Waals surface area (Å²) >= 11 is 0. The largest absolute Gasteiger partial charge is 0.338 e. The van der Waals surface area contributed by atoms with Crippen molar-refractivity contribution >= 4 is 11.7 Å². The highest BCUT2D eigenvalue weighted by Crippen LogP contribution is 2.22. The first-order valence-electron chi connectivity index (χ1n) is 9.55. The van der Waals surface area contributed by atoms with Gasteiger partial charge in [-0.15, -0.1) is 0 Å². The molecule has 0 radical (unpaired) electrons. The maximum absolute atomic E-state index is 12.0. The number of carbonyl (C=O) groups is 1. The summed E-state index contributed by atoms with van der Waals surface area (Å²) in [6.45, 7) is 1.66. The van der Waals surface area contributed by atoms with Gasteiger partial charge in [0.25, 0.3) is 0 Å². The molecule has 1 saturated heterocycles. The van der Waals surface area contributed by atoms with Crippen LogP contribution in [0.15, 0.2) is 54.6 Å². The van der Waals surface area contributed by atoms with Crippen LogP contribution in [-0.4, -0.2) is 25.2 Å². The zero-order chi connectivity index (χ0) is 18.9. The second-order valence-electron chi connectivity index (χ2n) is 7.09. The lowest BCUT2D eigenvalue weighted by atomic mass is 9.86. The number of hydrogen-bond donors (Lipinski definition) is 3. The first-order chi connectivity index (χ1) is 13.2. The van der Waals surface area contributed by atoms with Crippen molar-refractivity contribution in [3.8, 4) is 6.07 Å². The fourth-order valence-electron chi connectivity index (χ4n) is 3.65. The maximum Gasteiger partial charge on any atom is 0.319 e. The second kappa shape index (κ2) is 9.75. The molecule has 2 aromatic rings. The van der Waals surface area contributed by atoms with E-state index in [-0.39, 0.29) is 6.03 Å². The smallest absolute Gasteiger partial charge is 0.319 e. The van der Waals surface area contributed by atoms with E-state index in [9.17, 15) is 4.79 Å². The molecule has 0 saturated carbocycles. The average molecular weight is 362 g/mol. The van der Waals surface area contributed by atoms with Crippen molar-refractivity contribution in [3.05, 3.63) is 65.7 Å². The third-order valence-corrected chi connectivity index (χ3v) is 5.00. The first-order valence-corrected chi connectivity index (χ1v) is 9.55. The van der Waals surface area contributed by atoms with Gasteiger partial charge >= 0.3 is 6.03 Å². The Morgan fingerprint density at radius 3 is 2.85 bits per heavy atom. The molecule has 5 heteroatoms. The van der Waals surface area contributed by atoms with Crippen LogP contribution in [0.5, 0.6) is 0 Å². The zero-order valence-electron chi connectivity index (χ0n) is 15.4. The number of nitrogens with zero attached hydrogens (tertiary/aromatic N) is 1.